The van der Waals surface area contributed by atoms with Crippen molar-refractivity contribution in [2.24, 2.45) is 10.3 Å². The fourth-order valence-electron chi connectivity index (χ4n) is 3.17. The maximum absolute atomic E-state index is 13.8. The minimum atomic E-state index is -4.80. The van der Waals surface area contributed by atoms with Gasteiger partial charge in [0, 0.05) is 16.7 Å². The summed E-state index contributed by atoms with van der Waals surface area (Å²) in [6.07, 6.45) is -4.80. The van der Waals surface area contributed by atoms with E-state index in [-0.39, 0.29) is 35.8 Å². The van der Waals surface area contributed by atoms with E-state index in [0.29, 0.717) is 5.56 Å². The summed E-state index contributed by atoms with van der Waals surface area (Å²) in [4.78, 5) is 21.9. The molecular formula is C26H23F3N2O5. The molecule has 0 unspecified atom stereocenters. The van der Waals surface area contributed by atoms with Gasteiger partial charge < -0.3 is 19.1 Å². The molecule has 7 nitrogen and oxygen atoms in total. The molecule has 0 fully saturated rings. The topological polar surface area (TPSA) is 78.7 Å². The molecule has 3 rings (SSSR count). The van der Waals surface area contributed by atoms with Gasteiger partial charge in [-0.05, 0) is 17.7 Å². The van der Waals surface area contributed by atoms with Gasteiger partial charge in [-0.1, -0.05) is 77.0 Å². The van der Waals surface area contributed by atoms with Crippen LogP contribution in [0.3, 0.4) is 0 Å². The lowest BCUT2D eigenvalue weighted by Crippen LogP contribution is -2.24. The van der Waals surface area contributed by atoms with Crippen LogP contribution in [0.2, 0.25) is 0 Å². The van der Waals surface area contributed by atoms with Crippen molar-refractivity contribution in [3.8, 4) is 5.75 Å². The van der Waals surface area contributed by atoms with Crippen molar-refractivity contribution in [1.29, 1.82) is 0 Å². The summed E-state index contributed by atoms with van der Waals surface area (Å²) in [5.41, 5.74) is -0.128. The molecule has 0 heterocycles. The Hall–Kier alpha value is -4.34. The first-order valence-electron chi connectivity index (χ1n) is 10.7. The Bertz CT molecular complexity index is 1230. The van der Waals surface area contributed by atoms with E-state index in [1.807, 2.05) is 30.3 Å². The zero-order valence-corrected chi connectivity index (χ0v) is 19.5. The van der Waals surface area contributed by atoms with Crippen molar-refractivity contribution in [2.75, 3.05) is 14.2 Å². The van der Waals surface area contributed by atoms with Crippen molar-refractivity contribution in [2.45, 2.75) is 19.4 Å². The second-order valence-electron chi connectivity index (χ2n) is 7.28. The number of carbonyl (C=O) groups excluding carboxylic acids is 1. The highest BCUT2D eigenvalue weighted by Crippen LogP contribution is 2.26. The van der Waals surface area contributed by atoms with Crippen molar-refractivity contribution in [1.82, 2.24) is 0 Å². The second kappa shape index (κ2) is 12.4. The van der Waals surface area contributed by atoms with Crippen LogP contribution in [0.25, 0.3) is 0 Å². The number of methoxy groups -OCH3 is 1. The van der Waals surface area contributed by atoms with Gasteiger partial charge in [0.05, 0.1) is 7.11 Å². The predicted octanol–water partition coefficient (Wildman–Crippen LogP) is 5.27. The van der Waals surface area contributed by atoms with E-state index >= 15 is 0 Å². The lowest BCUT2D eigenvalue weighted by atomic mass is 10.0. The number of ether oxygens (including phenoxy) is 2. The van der Waals surface area contributed by atoms with Crippen LogP contribution in [0.1, 0.15) is 22.3 Å². The standard InChI is InChI=1S/C26H23F3N2O5/c1-33-25(32)23(30-34-2)22-14-7-6-11-20(22)17-36-31-24(26(27,28)29)19-12-8-13-21(15-19)35-16-18-9-4-3-5-10-18/h3-15H,16-17H2,1-2H3/b30-23+,31-24-. The van der Waals surface area contributed by atoms with Crippen LogP contribution in [0.5, 0.6) is 5.75 Å². The molecule has 0 N–H and O–H groups in total. The van der Waals surface area contributed by atoms with Crippen molar-refractivity contribution in [3.05, 3.63) is 101 Å². The van der Waals surface area contributed by atoms with Gasteiger partial charge in [0.25, 0.3) is 0 Å². The van der Waals surface area contributed by atoms with Gasteiger partial charge in [0.2, 0.25) is 0 Å². The molecule has 0 amide bonds. The highest BCUT2D eigenvalue weighted by atomic mass is 19.4. The molecule has 0 spiro atoms. The Labute approximate surface area is 205 Å². The van der Waals surface area contributed by atoms with Crippen LogP contribution in [-0.2, 0) is 32.4 Å². The van der Waals surface area contributed by atoms with E-state index in [1.54, 1.807) is 24.3 Å². The number of esters is 1. The van der Waals surface area contributed by atoms with E-state index in [2.05, 4.69) is 10.3 Å². The normalized spacial score (nSPS) is 12.1. The highest BCUT2D eigenvalue weighted by Gasteiger charge is 2.38. The van der Waals surface area contributed by atoms with Gasteiger partial charge in [-0.25, -0.2) is 4.79 Å². The number of rotatable bonds is 10. The fraction of sp³-hybridized carbons (Fsp3) is 0.192. The van der Waals surface area contributed by atoms with Crippen LogP contribution < -0.4 is 4.74 Å². The lowest BCUT2D eigenvalue weighted by molar-refractivity contribution is -0.132. The number of benzene rings is 3. The Balaban J connectivity index is 1.82. The summed E-state index contributed by atoms with van der Waals surface area (Å²) in [6.45, 7) is -0.179. The zero-order valence-electron chi connectivity index (χ0n) is 19.5. The van der Waals surface area contributed by atoms with Crippen LogP contribution >= 0.6 is 0 Å². The van der Waals surface area contributed by atoms with E-state index in [9.17, 15) is 18.0 Å². The number of alkyl halides is 3. The van der Waals surface area contributed by atoms with Crippen molar-refractivity contribution in [3.63, 3.8) is 0 Å². The molecule has 36 heavy (non-hydrogen) atoms. The molecule has 3 aromatic carbocycles. The fourth-order valence-corrected chi connectivity index (χ4v) is 3.17. The van der Waals surface area contributed by atoms with Crippen LogP contribution in [0, 0.1) is 0 Å². The molecule has 0 aliphatic rings. The van der Waals surface area contributed by atoms with Gasteiger partial charge in [0.15, 0.2) is 11.4 Å². The summed E-state index contributed by atoms with van der Waals surface area (Å²) < 4.78 is 51.8. The monoisotopic (exact) mass is 500 g/mol. The third-order valence-electron chi connectivity index (χ3n) is 4.83. The largest absolute Gasteiger partial charge is 0.489 e. The molecule has 0 bridgehead atoms. The molecule has 10 heteroatoms. The molecule has 3 aromatic rings. The molecule has 0 aromatic heterocycles. The third-order valence-corrected chi connectivity index (χ3v) is 4.83. The average Bonchev–Trinajstić information content (AvgIpc) is 2.88. The van der Waals surface area contributed by atoms with Gasteiger partial charge in [-0.2, -0.15) is 13.2 Å². The second-order valence-corrected chi connectivity index (χ2v) is 7.28. The zero-order chi connectivity index (χ0) is 26.0. The number of hydrogen-bond donors (Lipinski definition) is 0. The van der Waals surface area contributed by atoms with Gasteiger partial charge >= 0.3 is 12.1 Å². The third kappa shape index (κ3) is 7.08. The maximum Gasteiger partial charge on any atom is 0.437 e. The molecule has 0 saturated heterocycles. The van der Waals surface area contributed by atoms with Crippen molar-refractivity contribution < 1.29 is 37.1 Å². The summed E-state index contributed by atoms with van der Waals surface area (Å²) in [5.74, 6) is -0.534. The molecular weight excluding hydrogens is 477 g/mol. The van der Waals surface area contributed by atoms with Crippen LogP contribution in [0.15, 0.2) is 89.2 Å². The molecule has 0 aliphatic heterocycles. The minimum absolute atomic E-state index is 0.164. The van der Waals surface area contributed by atoms with Crippen molar-refractivity contribution >= 4 is 17.4 Å². The Morgan fingerprint density at radius 2 is 1.58 bits per heavy atom. The Morgan fingerprint density at radius 3 is 2.28 bits per heavy atom. The average molecular weight is 500 g/mol. The predicted molar refractivity (Wildman–Crippen MR) is 127 cm³/mol. The minimum Gasteiger partial charge on any atom is -0.489 e. The van der Waals surface area contributed by atoms with Gasteiger partial charge in [-0.15, -0.1) is 0 Å². The number of hydrogen-bond acceptors (Lipinski definition) is 7. The summed E-state index contributed by atoms with van der Waals surface area (Å²) >= 11 is 0. The number of oxime groups is 2. The maximum atomic E-state index is 13.8. The van der Waals surface area contributed by atoms with E-state index < -0.39 is 17.9 Å². The van der Waals surface area contributed by atoms with E-state index in [4.69, 9.17) is 19.1 Å². The summed E-state index contributed by atoms with van der Waals surface area (Å²) in [6, 6.07) is 21.1. The summed E-state index contributed by atoms with van der Waals surface area (Å²) in [7, 11) is 2.42. The van der Waals surface area contributed by atoms with Gasteiger partial charge in [-0.3, -0.25) is 0 Å². The van der Waals surface area contributed by atoms with E-state index in [0.717, 1.165) is 5.56 Å². The molecule has 188 valence electrons. The van der Waals surface area contributed by atoms with Gasteiger partial charge in [0.1, 0.15) is 26.1 Å². The van der Waals surface area contributed by atoms with Crippen LogP contribution in [0.4, 0.5) is 13.2 Å². The highest BCUT2D eigenvalue weighted by molar-refractivity contribution is 6.43. The molecule has 0 radical (unpaired) electrons. The summed E-state index contributed by atoms with van der Waals surface area (Å²) in [5, 5.41) is 7.04. The Morgan fingerprint density at radius 1 is 0.861 bits per heavy atom. The lowest BCUT2D eigenvalue weighted by Gasteiger charge is -2.13. The molecule has 0 saturated carbocycles. The number of halogens is 3. The quantitative estimate of drug-likeness (QED) is 0.215. The number of carbonyl (C=O) groups is 1. The first kappa shape index (κ1) is 26.3. The number of nitrogens with zero attached hydrogens (tertiary/aromatic N) is 2. The Kier molecular flexibility index (Phi) is 9.04. The molecule has 0 aliphatic carbocycles. The molecule has 0 atom stereocenters. The van der Waals surface area contributed by atoms with E-state index in [1.165, 1.54) is 38.5 Å². The SMILES string of the molecule is CO/N=C(/C(=O)OC)c1ccccc1CO/N=C(/c1cccc(OCc2ccccc2)c1)C(F)(F)F. The smallest absolute Gasteiger partial charge is 0.437 e. The first-order chi connectivity index (χ1) is 17.3. The first-order valence-corrected chi connectivity index (χ1v) is 10.7. The van der Waals surface area contributed by atoms with Crippen LogP contribution in [-0.4, -0.2) is 37.8 Å².